The summed E-state index contributed by atoms with van der Waals surface area (Å²) < 4.78 is 5.98. The molecule has 4 heterocycles. The third-order valence-electron chi connectivity index (χ3n) is 5.04. The zero-order chi connectivity index (χ0) is 17.2. The Hall–Kier alpha value is -1.83. The van der Waals surface area contributed by atoms with Crippen molar-refractivity contribution in [2.45, 2.75) is 19.6 Å². The summed E-state index contributed by atoms with van der Waals surface area (Å²) in [7, 11) is 0. The van der Waals surface area contributed by atoms with Crippen molar-refractivity contribution in [1.29, 1.82) is 0 Å². The highest BCUT2D eigenvalue weighted by molar-refractivity contribution is 7.07. The van der Waals surface area contributed by atoms with Crippen LogP contribution in [0.1, 0.15) is 21.9 Å². The van der Waals surface area contributed by atoms with Gasteiger partial charge in [0.05, 0.1) is 23.9 Å². The van der Waals surface area contributed by atoms with E-state index in [1.165, 1.54) is 11.3 Å². The van der Waals surface area contributed by atoms with Crippen LogP contribution in [0.5, 0.6) is 0 Å². The number of hydrogen-bond acceptors (Lipinski definition) is 6. The van der Waals surface area contributed by atoms with Gasteiger partial charge in [-0.05, 0) is 19.1 Å². The van der Waals surface area contributed by atoms with Crippen LogP contribution in [0, 0.1) is 18.8 Å². The molecule has 0 spiro atoms. The van der Waals surface area contributed by atoms with Gasteiger partial charge >= 0.3 is 0 Å². The molecule has 1 amide bonds. The molecule has 0 radical (unpaired) electrons. The van der Waals surface area contributed by atoms with Crippen LogP contribution in [-0.4, -0.2) is 53.1 Å². The number of pyridine rings is 1. The van der Waals surface area contributed by atoms with Crippen LogP contribution in [0.4, 0.5) is 0 Å². The average molecular weight is 358 g/mol. The van der Waals surface area contributed by atoms with Crippen molar-refractivity contribution in [3.05, 3.63) is 46.2 Å². The summed E-state index contributed by atoms with van der Waals surface area (Å²) in [6.45, 7) is 6.19. The zero-order valence-electron chi connectivity index (χ0n) is 14.2. The lowest BCUT2D eigenvalue weighted by Gasteiger charge is -2.19. The van der Waals surface area contributed by atoms with E-state index in [0.717, 1.165) is 37.6 Å². The minimum Gasteiger partial charge on any atom is -0.376 e. The number of carbonyl (C=O) groups excluding carboxylic acids is 1. The molecule has 2 aliphatic heterocycles. The van der Waals surface area contributed by atoms with Gasteiger partial charge in [0.1, 0.15) is 5.69 Å². The maximum absolute atomic E-state index is 12.1. The predicted octanol–water partition coefficient (Wildman–Crippen LogP) is 1.72. The van der Waals surface area contributed by atoms with Crippen LogP contribution < -0.4 is 5.32 Å². The number of aryl methyl sites for hydroxylation is 1. The van der Waals surface area contributed by atoms with Crippen molar-refractivity contribution >= 4 is 17.2 Å². The fourth-order valence-corrected chi connectivity index (χ4v) is 4.31. The number of rotatable bonds is 5. The molecule has 0 bridgehead atoms. The molecule has 1 N–H and O–H groups in total. The summed E-state index contributed by atoms with van der Waals surface area (Å²) in [6.07, 6.45) is 0.269. The molecule has 132 valence electrons. The number of amides is 1. The van der Waals surface area contributed by atoms with E-state index in [9.17, 15) is 4.79 Å². The number of hydrogen-bond donors (Lipinski definition) is 1. The average Bonchev–Trinajstić information content (AvgIpc) is 3.30. The first-order chi connectivity index (χ1) is 12.2. The lowest BCUT2D eigenvalue weighted by atomic mass is 9.93. The maximum atomic E-state index is 12.1. The first-order valence-electron chi connectivity index (χ1n) is 8.62. The number of nitrogens with zero attached hydrogens (tertiary/aromatic N) is 3. The van der Waals surface area contributed by atoms with Gasteiger partial charge in [0, 0.05) is 49.1 Å². The van der Waals surface area contributed by atoms with Crippen molar-refractivity contribution in [2.75, 3.05) is 26.2 Å². The molecule has 4 rings (SSSR count). The molecule has 2 aliphatic rings. The van der Waals surface area contributed by atoms with Gasteiger partial charge in [0.25, 0.3) is 5.91 Å². The van der Waals surface area contributed by atoms with Crippen LogP contribution in [0.15, 0.2) is 29.1 Å². The van der Waals surface area contributed by atoms with Gasteiger partial charge in [-0.3, -0.25) is 14.7 Å². The van der Waals surface area contributed by atoms with E-state index in [0.29, 0.717) is 24.1 Å². The second kappa shape index (κ2) is 7.19. The zero-order valence-corrected chi connectivity index (χ0v) is 15.0. The summed E-state index contributed by atoms with van der Waals surface area (Å²) in [4.78, 5) is 23.1. The van der Waals surface area contributed by atoms with Gasteiger partial charge in [0.2, 0.25) is 0 Å². The Labute approximate surface area is 151 Å². The van der Waals surface area contributed by atoms with Crippen LogP contribution in [0.3, 0.4) is 0 Å². The monoisotopic (exact) mass is 358 g/mol. The number of likely N-dealkylation sites (tertiary alicyclic amines) is 1. The maximum Gasteiger partial charge on any atom is 0.270 e. The number of carbonyl (C=O) groups is 1. The van der Waals surface area contributed by atoms with Crippen LogP contribution in [0.25, 0.3) is 0 Å². The first kappa shape index (κ1) is 16.6. The molecule has 0 unspecified atom stereocenters. The van der Waals surface area contributed by atoms with E-state index in [4.69, 9.17) is 4.74 Å². The largest absolute Gasteiger partial charge is 0.376 e. The number of ether oxygens (including phenoxy) is 1. The highest BCUT2D eigenvalue weighted by Gasteiger charge is 2.43. The van der Waals surface area contributed by atoms with Crippen molar-refractivity contribution < 1.29 is 9.53 Å². The Morgan fingerprint density at radius 3 is 3.16 bits per heavy atom. The van der Waals surface area contributed by atoms with Gasteiger partial charge in [-0.15, -0.1) is 11.3 Å². The fraction of sp³-hybridized carbons (Fsp3) is 0.500. The molecular weight excluding hydrogens is 336 g/mol. The van der Waals surface area contributed by atoms with Gasteiger partial charge in [-0.1, -0.05) is 6.07 Å². The van der Waals surface area contributed by atoms with Crippen LogP contribution in [0.2, 0.25) is 0 Å². The Morgan fingerprint density at radius 2 is 2.36 bits per heavy atom. The van der Waals surface area contributed by atoms with Gasteiger partial charge in [-0.2, -0.15) is 0 Å². The minimum absolute atomic E-state index is 0.0940. The lowest BCUT2D eigenvalue weighted by Crippen LogP contribution is -2.34. The standard InChI is InChI=1S/C18H22N4O2S/c1-12-3-2-4-14(21-12)6-22-7-15-13(9-24-17(15)8-22)5-19-18(23)16-10-25-11-20-16/h2-4,10-11,13,15,17H,5-9H2,1H3,(H,19,23)/t13-,15-,17-/m1/s1. The number of nitrogens with one attached hydrogen (secondary N) is 1. The number of aromatic nitrogens is 2. The van der Waals surface area contributed by atoms with E-state index in [1.54, 1.807) is 10.9 Å². The summed E-state index contributed by atoms with van der Waals surface area (Å²) in [5.41, 5.74) is 4.33. The lowest BCUT2D eigenvalue weighted by molar-refractivity contribution is 0.0900. The Kier molecular flexibility index (Phi) is 4.78. The van der Waals surface area contributed by atoms with Crippen LogP contribution >= 0.6 is 11.3 Å². The quantitative estimate of drug-likeness (QED) is 0.882. The molecule has 2 aromatic rings. The molecule has 2 fully saturated rings. The molecule has 6 nitrogen and oxygen atoms in total. The summed E-state index contributed by atoms with van der Waals surface area (Å²) in [5.74, 6) is 0.743. The molecular formula is C18H22N4O2S. The van der Waals surface area contributed by atoms with Crippen molar-refractivity contribution in [3.63, 3.8) is 0 Å². The third-order valence-corrected chi connectivity index (χ3v) is 5.62. The van der Waals surface area contributed by atoms with Gasteiger partial charge in [-0.25, -0.2) is 4.98 Å². The second-order valence-electron chi connectivity index (χ2n) is 6.84. The Bertz CT molecular complexity index is 736. The Balaban J connectivity index is 1.31. The van der Waals surface area contributed by atoms with E-state index < -0.39 is 0 Å². The second-order valence-corrected chi connectivity index (χ2v) is 7.56. The summed E-state index contributed by atoms with van der Waals surface area (Å²) in [6, 6.07) is 6.15. The highest BCUT2D eigenvalue weighted by atomic mass is 32.1. The molecule has 25 heavy (non-hydrogen) atoms. The summed E-state index contributed by atoms with van der Waals surface area (Å²) in [5, 5.41) is 4.78. The number of fused-ring (bicyclic) bond motifs is 1. The molecule has 2 aromatic heterocycles. The summed E-state index contributed by atoms with van der Waals surface area (Å²) >= 11 is 1.43. The molecule has 2 saturated heterocycles. The molecule has 3 atom stereocenters. The SMILES string of the molecule is Cc1cccc(CN2C[C@@H]3[C@H](CNC(=O)c4cscn4)CO[C@@H]3C2)n1. The third kappa shape index (κ3) is 3.73. The minimum atomic E-state index is -0.0940. The molecule has 7 heteroatoms. The fourth-order valence-electron chi connectivity index (χ4n) is 3.77. The van der Waals surface area contributed by atoms with E-state index >= 15 is 0 Å². The van der Waals surface area contributed by atoms with E-state index in [1.807, 2.05) is 13.0 Å². The van der Waals surface area contributed by atoms with Gasteiger partial charge in [0.15, 0.2) is 0 Å². The normalized spacial score (nSPS) is 25.9. The number of thiazole rings is 1. The van der Waals surface area contributed by atoms with Crippen molar-refractivity contribution in [2.24, 2.45) is 11.8 Å². The van der Waals surface area contributed by atoms with Crippen molar-refractivity contribution in [1.82, 2.24) is 20.2 Å². The topological polar surface area (TPSA) is 67.4 Å². The van der Waals surface area contributed by atoms with Crippen molar-refractivity contribution in [3.8, 4) is 0 Å². The van der Waals surface area contributed by atoms with Gasteiger partial charge < -0.3 is 10.1 Å². The molecule has 0 saturated carbocycles. The first-order valence-corrected chi connectivity index (χ1v) is 9.56. The van der Waals surface area contributed by atoms with E-state index in [-0.39, 0.29) is 12.0 Å². The van der Waals surface area contributed by atoms with Crippen LogP contribution in [-0.2, 0) is 11.3 Å². The van der Waals surface area contributed by atoms with E-state index in [2.05, 4.69) is 32.3 Å². The molecule has 0 aliphatic carbocycles. The highest BCUT2D eigenvalue weighted by Crippen LogP contribution is 2.33. The predicted molar refractivity (Wildman–Crippen MR) is 95.4 cm³/mol. The Morgan fingerprint density at radius 1 is 1.44 bits per heavy atom. The smallest absolute Gasteiger partial charge is 0.270 e. The molecule has 0 aromatic carbocycles.